The maximum absolute atomic E-state index is 12.7. The molecule has 3 aromatic rings. The van der Waals surface area contributed by atoms with E-state index in [-0.39, 0.29) is 5.91 Å². The zero-order valence-electron chi connectivity index (χ0n) is 12.2. The van der Waals surface area contributed by atoms with Gasteiger partial charge in [0.15, 0.2) is 5.69 Å². The third-order valence-corrected chi connectivity index (χ3v) is 4.64. The third kappa shape index (κ3) is 2.58. The smallest absolute Gasteiger partial charge is 0.274 e. The maximum Gasteiger partial charge on any atom is 0.274 e. The van der Waals surface area contributed by atoms with Crippen molar-refractivity contribution in [2.24, 2.45) is 0 Å². The minimum Gasteiger partial charge on any atom is -0.333 e. The average Bonchev–Trinajstić information content (AvgIpc) is 2.98. The lowest BCUT2D eigenvalue weighted by Gasteiger charge is -2.28. The van der Waals surface area contributed by atoms with Crippen molar-refractivity contribution >= 4 is 34.6 Å². The van der Waals surface area contributed by atoms with Gasteiger partial charge in [0.25, 0.3) is 5.91 Å². The van der Waals surface area contributed by atoms with E-state index in [4.69, 9.17) is 23.2 Å². The Morgan fingerprint density at radius 3 is 2.74 bits per heavy atom. The van der Waals surface area contributed by atoms with E-state index in [9.17, 15) is 4.79 Å². The molecule has 6 heteroatoms. The first-order chi connectivity index (χ1) is 11.1. The number of aromatic nitrogens is 2. The molecular weight excluding hydrogens is 333 g/mol. The molecule has 116 valence electrons. The van der Waals surface area contributed by atoms with E-state index < -0.39 is 0 Å². The molecule has 3 heterocycles. The van der Waals surface area contributed by atoms with Crippen LogP contribution >= 0.6 is 23.2 Å². The molecule has 0 aliphatic carbocycles. The Bertz CT molecular complexity index is 919. The SMILES string of the molecule is O=C(c1cc2c(Cl)cc(Cl)cn2n1)N1CCc2ccccc2C1. The summed E-state index contributed by atoms with van der Waals surface area (Å²) in [6.45, 7) is 1.30. The predicted octanol–water partition coefficient (Wildman–Crippen LogP) is 3.84. The molecule has 0 bridgehead atoms. The fourth-order valence-corrected chi connectivity index (χ4v) is 3.47. The number of amides is 1. The molecule has 0 N–H and O–H groups in total. The summed E-state index contributed by atoms with van der Waals surface area (Å²) in [5.74, 6) is -0.0876. The minimum atomic E-state index is -0.0876. The van der Waals surface area contributed by atoms with Crippen LogP contribution in [0.4, 0.5) is 0 Å². The fraction of sp³-hybridized carbons (Fsp3) is 0.176. The number of hydrogen-bond acceptors (Lipinski definition) is 2. The summed E-state index contributed by atoms with van der Waals surface area (Å²) < 4.78 is 1.55. The fourth-order valence-electron chi connectivity index (χ4n) is 2.96. The number of nitrogens with zero attached hydrogens (tertiary/aromatic N) is 3. The second-order valence-corrected chi connectivity index (χ2v) is 6.45. The molecule has 1 aliphatic rings. The zero-order chi connectivity index (χ0) is 16.0. The molecule has 2 aromatic heterocycles. The molecule has 0 unspecified atom stereocenters. The number of hydrogen-bond donors (Lipinski definition) is 0. The van der Waals surface area contributed by atoms with Gasteiger partial charge in [0, 0.05) is 19.3 Å². The van der Waals surface area contributed by atoms with E-state index >= 15 is 0 Å². The van der Waals surface area contributed by atoms with Crippen LogP contribution in [-0.2, 0) is 13.0 Å². The number of pyridine rings is 1. The standard InChI is InChI=1S/C17H13Cl2N3O/c18-13-7-14(19)16-8-15(20-22(16)10-13)17(23)21-6-5-11-3-1-2-4-12(11)9-21/h1-4,7-8,10H,5-6,9H2. The summed E-state index contributed by atoms with van der Waals surface area (Å²) in [5, 5.41) is 5.28. The van der Waals surface area contributed by atoms with Crippen molar-refractivity contribution in [1.82, 2.24) is 14.5 Å². The number of carbonyl (C=O) groups is 1. The maximum atomic E-state index is 12.7. The molecule has 1 amide bonds. The molecule has 0 atom stereocenters. The Morgan fingerprint density at radius 1 is 1.13 bits per heavy atom. The number of carbonyl (C=O) groups excluding carboxylic acids is 1. The lowest BCUT2D eigenvalue weighted by molar-refractivity contribution is 0.0728. The highest BCUT2D eigenvalue weighted by atomic mass is 35.5. The molecular formula is C17H13Cl2N3O. The van der Waals surface area contributed by atoms with Gasteiger partial charge < -0.3 is 4.90 Å². The van der Waals surface area contributed by atoms with Gasteiger partial charge in [0.1, 0.15) is 0 Å². The van der Waals surface area contributed by atoms with Crippen LogP contribution < -0.4 is 0 Å². The summed E-state index contributed by atoms with van der Waals surface area (Å²) in [7, 11) is 0. The lowest BCUT2D eigenvalue weighted by atomic mass is 10.00. The Hall–Kier alpha value is -2.04. The zero-order valence-corrected chi connectivity index (χ0v) is 13.7. The largest absolute Gasteiger partial charge is 0.333 e. The van der Waals surface area contributed by atoms with E-state index in [0.29, 0.717) is 34.3 Å². The van der Waals surface area contributed by atoms with Gasteiger partial charge in [-0.1, -0.05) is 47.5 Å². The predicted molar refractivity (Wildman–Crippen MR) is 90.1 cm³/mol. The van der Waals surface area contributed by atoms with Gasteiger partial charge in [0.05, 0.1) is 15.6 Å². The Kier molecular flexibility index (Phi) is 3.51. The number of rotatable bonds is 1. The van der Waals surface area contributed by atoms with Crippen molar-refractivity contribution in [1.29, 1.82) is 0 Å². The van der Waals surface area contributed by atoms with Crippen LogP contribution in [0.25, 0.3) is 5.52 Å². The van der Waals surface area contributed by atoms with Crippen LogP contribution in [-0.4, -0.2) is 27.0 Å². The van der Waals surface area contributed by atoms with Crippen molar-refractivity contribution in [3.05, 3.63) is 69.5 Å². The molecule has 0 fully saturated rings. The number of halogens is 2. The number of fused-ring (bicyclic) bond motifs is 2. The normalized spacial score (nSPS) is 14.1. The van der Waals surface area contributed by atoms with Crippen LogP contribution in [0.15, 0.2) is 42.6 Å². The van der Waals surface area contributed by atoms with Gasteiger partial charge >= 0.3 is 0 Å². The summed E-state index contributed by atoms with van der Waals surface area (Å²) >= 11 is 12.1. The summed E-state index contributed by atoms with van der Waals surface area (Å²) in [6, 6.07) is 11.6. The third-order valence-electron chi connectivity index (χ3n) is 4.13. The Labute approximate surface area is 143 Å². The van der Waals surface area contributed by atoms with Crippen LogP contribution in [0, 0.1) is 0 Å². The molecule has 0 spiro atoms. The molecule has 23 heavy (non-hydrogen) atoms. The first-order valence-corrected chi connectivity index (χ1v) is 8.08. The van der Waals surface area contributed by atoms with Crippen molar-refractivity contribution in [2.45, 2.75) is 13.0 Å². The molecule has 0 saturated heterocycles. The Balaban J connectivity index is 1.66. The average molecular weight is 346 g/mol. The Morgan fingerprint density at radius 2 is 1.91 bits per heavy atom. The second kappa shape index (κ2) is 5.55. The highest BCUT2D eigenvalue weighted by Crippen LogP contribution is 2.24. The first kappa shape index (κ1) is 14.5. The molecule has 4 rings (SSSR count). The van der Waals surface area contributed by atoms with Crippen LogP contribution in [0.3, 0.4) is 0 Å². The van der Waals surface area contributed by atoms with Gasteiger partial charge in [-0.05, 0) is 29.7 Å². The lowest BCUT2D eigenvalue weighted by Crippen LogP contribution is -2.36. The highest BCUT2D eigenvalue weighted by Gasteiger charge is 2.23. The van der Waals surface area contributed by atoms with Gasteiger partial charge in [-0.25, -0.2) is 4.52 Å². The van der Waals surface area contributed by atoms with Gasteiger partial charge in [0.2, 0.25) is 0 Å². The molecule has 0 radical (unpaired) electrons. The first-order valence-electron chi connectivity index (χ1n) is 7.32. The van der Waals surface area contributed by atoms with Crippen LogP contribution in [0.1, 0.15) is 21.6 Å². The monoisotopic (exact) mass is 345 g/mol. The van der Waals surface area contributed by atoms with E-state index in [1.54, 1.807) is 22.8 Å². The molecule has 1 aromatic carbocycles. The minimum absolute atomic E-state index is 0.0876. The summed E-state index contributed by atoms with van der Waals surface area (Å²) in [4.78, 5) is 14.6. The van der Waals surface area contributed by atoms with Crippen molar-refractivity contribution in [3.63, 3.8) is 0 Å². The molecule has 4 nitrogen and oxygen atoms in total. The van der Waals surface area contributed by atoms with Crippen LogP contribution in [0.2, 0.25) is 10.0 Å². The van der Waals surface area contributed by atoms with Crippen LogP contribution in [0.5, 0.6) is 0 Å². The van der Waals surface area contributed by atoms with Gasteiger partial charge in [-0.2, -0.15) is 5.10 Å². The van der Waals surface area contributed by atoms with Gasteiger partial charge in [-0.15, -0.1) is 0 Å². The highest BCUT2D eigenvalue weighted by molar-refractivity contribution is 6.36. The van der Waals surface area contributed by atoms with Crippen molar-refractivity contribution < 1.29 is 4.79 Å². The molecule has 0 saturated carbocycles. The quantitative estimate of drug-likeness (QED) is 0.671. The topological polar surface area (TPSA) is 37.6 Å². The van der Waals surface area contributed by atoms with Gasteiger partial charge in [-0.3, -0.25) is 4.79 Å². The molecule has 1 aliphatic heterocycles. The number of benzene rings is 1. The van der Waals surface area contributed by atoms with E-state index in [1.807, 2.05) is 17.0 Å². The van der Waals surface area contributed by atoms with E-state index in [0.717, 1.165) is 6.42 Å². The summed E-state index contributed by atoms with van der Waals surface area (Å²) in [6.07, 6.45) is 2.51. The summed E-state index contributed by atoms with van der Waals surface area (Å²) in [5.41, 5.74) is 3.56. The van der Waals surface area contributed by atoms with Crippen molar-refractivity contribution in [3.8, 4) is 0 Å². The van der Waals surface area contributed by atoms with E-state index in [1.165, 1.54) is 11.1 Å². The van der Waals surface area contributed by atoms with Crippen molar-refractivity contribution in [2.75, 3.05) is 6.54 Å². The second-order valence-electron chi connectivity index (χ2n) is 5.61. The van der Waals surface area contributed by atoms with E-state index in [2.05, 4.69) is 17.2 Å².